The zero-order chi connectivity index (χ0) is 37.1. The van der Waals surface area contributed by atoms with E-state index >= 15 is 0 Å². The van der Waals surface area contributed by atoms with Gasteiger partial charge in [0.15, 0.2) is 8.32 Å². The molecule has 272 valence electrons. The number of hydroxylamine groups is 2. The summed E-state index contributed by atoms with van der Waals surface area (Å²) in [6.07, 6.45) is 0.259. The lowest BCUT2D eigenvalue weighted by Crippen LogP contribution is -2.59. The molecule has 0 saturated heterocycles. The molecule has 3 aromatic carbocycles. The van der Waals surface area contributed by atoms with Crippen molar-refractivity contribution in [3.05, 3.63) is 107 Å². The Balaban J connectivity index is 1.48. The van der Waals surface area contributed by atoms with Crippen LogP contribution in [0.25, 0.3) is 11.1 Å². The fraction of sp³-hybridized carbons (Fsp3) is 0.425. The number of ether oxygens (including phenoxy) is 2. The summed E-state index contributed by atoms with van der Waals surface area (Å²) in [6.45, 7) is 15.8. The van der Waals surface area contributed by atoms with Crippen LogP contribution in [0.5, 0.6) is 0 Å². The smallest absolute Gasteiger partial charge is 0.435 e. The molecule has 11 heteroatoms. The molecule has 10 nitrogen and oxygen atoms in total. The summed E-state index contributed by atoms with van der Waals surface area (Å²) in [6, 6.07) is 23.5. The van der Waals surface area contributed by atoms with Crippen molar-refractivity contribution in [2.24, 2.45) is 5.73 Å². The standard InChI is InChI=1S/C40H51N3O7Si/c1-39(2,3)50-38(46)43(48-24-27-16-10-9-11-17-27)29-22-28(25-49-51(7,8)40(4,5)6)35(36(41)44)42(23-29)37(45)47-26-34-32-20-14-12-18-30(32)31-19-13-15-21-33(31)34/h9-22,29,34-35H,23-26H2,1-8H3,(H2,41,44). The monoisotopic (exact) mass is 713 g/mol. The van der Waals surface area contributed by atoms with E-state index in [0.717, 1.165) is 32.9 Å². The van der Waals surface area contributed by atoms with Crippen LogP contribution in [0.4, 0.5) is 9.59 Å². The van der Waals surface area contributed by atoms with Gasteiger partial charge in [-0.2, -0.15) is 5.06 Å². The topological polar surface area (TPSA) is 121 Å². The minimum absolute atomic E-state index is 0.0224. The van der Waals surface area contributed by atoms with E-state index in [9.17, 15) is 14.4 Å². The second kappa shape index (κ2) is 15.0. The molecule has 1 aliphatic heterocycles. The first-order chi connectivity index (χ1) is 24.0. The Bertz CT molecular complexity index is 1720. The lowest BCUT2D eigenvalue weighted by molar-refractivity contribution is -0.175. The molecule has 1 heterocycles. The van der Waals surface area contributed by atoms with Crippen LogP contribution in [0.2, 0.25) is 18.1 Å². The summed E-state index contributed by atoms with van der Waals surface area (Å²) < 4.78 is 18.4. The third-order valence-electron chi connectivity index (χ3n) is 9.79. The average molecular weight is 714 g/mol. The number of amides is 3. The van der Waals surface area contributed by atoms with Gasteiger partial charge in [-0.05, 0) is 72.3 Å². The van der Waals surface area contributed by atoms with Gasteiger partial charge in [-0.25, -0.2) is 9.59 Å². The molecule has 2 N–H and O–H groups in total. The second-order valence-corrected chi connectivity index (χ2v) is 20.5. The Morgan fingerprint density at radius 1 is 0.843 bits per heavy atom. The highest BCUT2D eigenvalue weighted by Gasteiger charge is 2.44. The van der Waals surface area contributed by atoms with Crippen LogP contribution in [-0.4, -0.2) is 73.8 Å². The molecule has 0 radical (unpaired) electrons. The minimum atomic E-state index is -2.33. The van der Waals surface area contributed by atoms with Crippen molar-refractivity contribution in [1.82, 2.24) is 9.96 Å². The summed E-state index contributed by atoms with van der Waals surface area (Å²) in [7, 11) is -2.33. The lowest BCUT2D eigenvalue weighted by atomic mass is 9.97. The summed E-state index contributed by atoms with van der Waals surface area (Å²) >= 11 is 0. The van der Waals surface area contributed by atoms with E-state index in [-0.39, 0.29) is 37.3 Å². The van der Waals surface area contributed by atoms with Crippen LogP contribution in [0, 0.1) is 0 Å². The van der Waals surface area contributed by atoms with Crippen LogP contribution >= 0.6 is 0 Å². The molecule has 5 rings (SSSR count). The minimum Gasteiger partial charge on any atom is -0.448 e. The molecule has 2 aliphatic rings. The molecule has 3 aromatic rings. The highest BCUT2D eigenvalue weighted by molar-refractivity contribution is 6.74. The van der Waals surface area contributed by atoms with Crippen molar-refractivity contribution >= 4 is 26.4 Å². The number of carbonyl (C=O) groups is 3. The van der Waals surface area contributed by atoms with Gasteiger partial charge in [0.25, 0.3) is 0 Å². The molecule has 1 aliphatic carbocycles. The van der Waals surface area contributed by atoms with Gasteiger partial charge in [0.05, 0.1) is 19.2 Å². The summed E-state index contributed by atoms with van der Waals surface area (Å²) in [5, 5.41) is 1.00. The number of primary amides is 1. The molecule has 2 unspecified atom stereocenters. The molecule has 51 heavy (non-hydrogen) atoms. The number of hydrogen-bond acceptors (Lipinski definition) is 7. The van der Waals surface area contributed by atoms with Gasteiger partial charge in [-0.1, -0.05) is 106 Å². The Kier molecular flexibility index (Phi) is 11.1. The third-order valence-corrected chi connectivity index (χ3v) is 14.3. The first-order valence-electron chi connectivity index (χ1n) is 17.4. The van der Waals surface area contributed by atoms with E-state index < -0.39 is 44.1 Å². The largest absolute Gasteiger partial charge is 0.448 e. The first-order valence-corrected chi connectivity index (χ1v) is 20.3. The molecule has 0 fully saturated rings. The van der Waals surface area contributed by atoms with Crippen LogP contribution < -0.4 is 5.73 Å². The van der Waals surface area contributed by atoms with Crippen LogP contribution in [0.3, 0.4) is 0 Å². The summed E-state index contributed by atoms with van der Waals surface area (Å²) in [5.74, 6) is -0.931. The number of nitrogens with zero attached hydrogens (tertiary/aromatic N) is 2. The first kappa shape index (κ1) is 37.8. The van der Waals surface area contributed by atoms with E-state index in [1.165, 1.54) is 4.90 Å². The van der Waals surface area contributed by atoms with E-state index in [1.807, 2.05) is 66.7 Å². The highest BCUT2D eigenvalue weighted by Crippen LogP contribution is 2.44. The maximum atomic E-state index is 14.2. The van der Waals surface area contributed by atoms with Gasteiger partial charge in [-0.15, -0.1) is 0 Å². The van der Waals surface area contributed by atoms with E-state index in [0.29, 0.717) is 5.57 Å². The molecular weight excluding hydrogens is 663 g/mol. The molecular formula is C40H51N3O7Si. The van der Waals surface area contributed by atoms with Crippen molar-refractivity contribution in [2.45, 2.75) is 89.9 Å². The number of hydrogen-bond donors (Lipinski definition) is 1. The van der Waals surface area contributed by atoms with Crippen molar-refractivity contribution in [2.75, 3.05) is 19.8 Å². The van der Waals surface area contributed by atoms with Gasteiger partial charge in [-0.3, -0.25) is 14.5 Å². The summed E-state index contributed by atoms with van der Waals surface area (Å²) in [5.41, 5.74) is 10.8. The fourth-order valence-corrected chi connectivity index (χ4v) is 7.11. The quantitative estimate of drug-likeness (QED) is 0.129. The zero-order valence-corrected chi connectivity index (χ0v) is 32.0. The van der Waals surface area contributed by atoms with Gasteiger partial charge < -0.3 is 19.6 Å². The molecule has 3 amide bonds. The summed E-state index contributed by atoms with van der Waals surface area (Å²) in [4.78, 5) is 48.7. The Morgan fingerprint density at radius 2 is 1.41 bits per heavy atom. The highest BCUT2D eigenvalue weighted by atomic mass is 28.4. The van der Waals surface area contributed by atoms with Gasteiger partial charge >= 0.3 is 12.2 Å². The second-order valence-electron chi connectivity index (χ2n) is 15.7. The Labute approximate surface area is 302 Å². The molecule has 0 aromatic heterocycles. The Hall–Kier alpha value is -4.45. The van der Waals surface area contributed by atoms with Crippen molar-refractivity contribution in [3.63, 3.8) is 0 Å². The number of carbonyl (C=O) groups excluding carboxylic acids is 3. The van der Waals surface area contributed by atoms with E-state index in [2.05, 4.69) is 46.0 Å². The normalized spacial score (nSPS) is 17.6. The predicted octanol–water partition coefficient (Wildman–Crippen LogP) is 7.79. The number of nitrogens with two attached hydrogens (primary N) is 1. The number of fused-ring (bicyclic) bond motifs is 3. The van der Waals surface area contributed by atoms with Crippen LogP contribution in [0.1, 0.15) is 64.2 Å². The maximum absolute atomic E-state index is 14.2. The van der Waals surface area contributed by atoms with Crippen molar-refractivity contribution < 1.29 is 33.1 Å². The molecule has 0 spiro atoms. The predicted molar refractivity (Wildman–Crippen MR) is 199 cm³/mol. The van der Waals surface area contributed by atoms with Gasteiger partial charge in [0.2, 0.25) is 5.91 Å². The maximum Gasteiger partial charge on any atom is 0.435 e. The molecule has 2 atom stereocenters. The zero-order valence-electron chi connectivity index (χ0n) is 31.0. The van der Waals surface area contributed by atoms with Crippen LogP contribution in [-0.2, 0) is 30.1 Å². The molecule has 0 saturated carbocycles. The fourth-order valence-electron chi connectivity index (χ4n) is 6.15. The van der Waals surface area contributed by atoms with Crippen LogP contribution in [0.15, 0.2) is 90.5 Å². The van der Waals surface area contributed by atoms with E-state index in [1.54, 1.807) is 26.8 Å². The van der Waals surface area contributed by atoms with E-state index in [4.69, 9.17) is 24.5 Å². The SMILES string of the molecule is CC(C)(C)OC(=O)N(OCc1ccccc1)C1C=C(CO[Si](C)(C)C(C)(C)C)C(C(N)=O)N(C(=O)OCC2c3ccccc3-c3ccccc32)C1. The van der Waals surface area contributed by atoms with Gasteiger partial charge in [0, 0.05) is 5.92 Å². The Morgan fingerprint density at radius 3 is 1.96 bits per heavy atom. The van der Waals surface area contributed by atoms with Crippen molar-refractivity contribution in [1.29, 1.82) is 0 Å². The number of rotatable bonds is 10. The van der Waals surface area contributed by atoms with Crippen molar-refractivity contribution in [3.8, 4) is 11.1 Å². The van der Waals surface area contributed by atoms with Gasteiger partial charge in [0.1, 0.15) is 24.9 Å². The molecule has 0 bridgehead atoms. The number of benzene rings is 3. The lowest BCUT2D eigenvalue weighted by Gasteiger charge is -2.42. The average Bonchev–Trinajstić information content (AvgIpc) is 3.38. The third kappa shape index (κ3) is 8.72.